The van der Waals surface area contributed by atoms with Gasteiger partial charge in [-0.25, -0.2) is 0 Å². The highest BCUT2D eigenvalue weighted by atomic mass is 32.2. The second-order valence-corrected chi connectivity index (χ2v) is 6.25. The van der Waals surface area contributed by atoms with E-state index in [1.807, 2.05) is 11.8 Å². The summed E-state index contributed by atoms with van der Waals surface area (Å²) in [5.41, 5.74) is -0.933. The van der Waals surface area contributed by atoms with E-state index in [0.717, 1.165) is 25.3 Å². The van der Waals surface area contributed by atoms with E-state index in [4.69, 9.17) is 4.52 Å². The number of thioether (sulfide) groups is 1. The van der Waals surface area contributed by atoms with Crippen LogP contribution < -0.4 is 5.32 Å². The minimum Gasteiger partial charge on any atom is -0.380 e. The molecule has 1 unspecified atom stereocenters. The highest BCUT2D eigenvalue weighted by Crippen LogP contribution is 2.29. The smallest absolute Gasteiger partial charge is 0.258 e. The zero-order chi connectivity index (χ0) is 13.0. The summed E-state index contributed by atoms with van der Waals surface area (Å²) in [6.07, 6.45) is 2.39. The van der Waals surface area contributed by atoms with E-state index >= 15 is 0 Å². The number of hydrogen-bond donors (Lipinski definition) is 2. The van der Waals surface area contributed by atoms with Crippen LogP contribution in [0.15, 0.2) is 4.52 Å². The van der Waals surface area contributed by atoms with Crippen molar-refractivity contribution < 1.29 is 9.63 Å². The number of aromatic nitrogens is 2. The lowest BCUT2D eigenvalue weighted by Gasteiger charge is -2.28. The van der Waals surface area contributed by atoms with Gasteiger partial charge in [-0.1, -0.05) is 19.0 Å². The Hall–Kier alpha value is -0.590. The van der Waals surface area contributed by atoms with Crippen molar-refractivity contribution in [1.29, 1.82) is 0 Å². The Labute approximate surface area is 112 Å². The number of piperidine rings is 1. The molecule has 0 amide bonds. The average molecular weight is 271 g/mol. The first-order valence-electron chi connectivity index (χ1n) is 6.52. The van der Waals surface area contributed by atoms with Gasteiger partial charge in [-0.05, 0) is 32.4 Å². The summed E-state index contributed by atoms with van der Waals surface area (Å²) in [5, 5.41) is 18.2. The number of rotatable bonds is 5. The zero-order valence-electron chi connectivity index (χ0n) is 11.0. The number of nitrogens with zero attached hydrogens (tertiary/aromatic N) is 2. The first kappa shape index (κ1) is 13.8. The largest absolute Gasteiger partial charge is 0.380 e. The van der Waals surface area contributed by atoms with E-state index in [-0.39, 0.29) is 0 Å². The van der Waals surface area contributed by atoms with E-state index in [0.29, 0.717) is 29.8 Å². The first-order chi connectivity index (χ1) is 8.64. The van der Waals surface area contributed by atoms with Gasteiger partial charge in [0, 0.05) is 5.25 Å². The SMILES string of the molecule is CCC(C)SCc1noc(C2(O)CCNCC2)n1. The lowest BCUT2D eigenvalue weighted by molar-refractivity contribution is -0.0228. The quantitative estimate of drug-likeness (QED) is 0.849. The third kappa shape index (κ3) is 3.24. The molecule has 1 fully saturated rings. The van der Waals surface area contributed by atoms with Gasteiger partial charge >= 0.3 is 0 Å². The monoisotopic (exact) mass is 271 g/mol. The third-order valence-corrected chi connectivity index (χ3v) is 4.70. The van der Waals surface area contributed by atoms with Crippen LogP contribution in [0.5, 0.6) is 0 Å². The predicted molar refractivity (Wildman–Crippen MR) is 71.3 cm³/mol. The molecule has 102 valence electrons. The normalized spacial score (nSPS) is 20.8. The molecular formula is C12H21N3O2S. The van der Waals surface area contributed by atoms with Crippen LogP contribution in [0.3, 0.4) is 0 Å². The molecule has 1 aromatic rings. The van der Waals surface area contributed by atoms with Gasteiger partial charge in [0.15, 0.2) is 5.82 Å². The summed E-state index contributed by atoms with van der Waals surface area (Å²) < 4.78 is 5.22. The Bertz CT molecular complexity index is 377. The minimum atomic E-state index is -0.933. The lowest BCUT2D eigenvalue weighted by Crippen LogP contribution is -2.39. The van der Waals surface area contributed by atoms with E-state index in [2.05, 4.69) is 29.3 Å². The van der Waals surface area contributed by atoms with Crippen molar-refractivity contribution in [2.45, 2.75) is 49.7 Å². The molecule has 0 aliphatic carbocycles. The third-order valence-electron chi connectivity index (χ3n) is 3.37. The molecule has 5 nitrogen and oxygen atoms in total. The maximum Gasteiger partial charge on any atom is 0.258 e. The zero-order valence-corrected chi connectivity index (χ0v) is 11.8. The minimum absolute atomic E-state index is 0.378. The van der Waals surface area contributed by atoms with Gasteiger partial charge in [-0.2, -0.15) is 16.7 Å². The number of nitrogens with one attached hydrogen (secondary N) is 1. The van der Waals surface area contributed by atoms with E-state index in [1.165, 1.54) is 0 Å². The summed E-state index contributed by atoms with van der Waals surface area (Å²) in [5.74, 6) is 1.80. The first-order valence-corrected chi connectivity index (χ1v) is 7.56. The fraction of sp³-hybridized carbons (Fsp3) is 0.833. The molecule has 1 saturated heterocycles. The Morgan fingerprint density at radius 2 is 2.22 bits per heavy atom. The molecule has 0 spiro atoms. The van der Waals surface area contributed by atoms with Crippen LogP contribution in [0.1, 0.15) is 44.8 Å². The molecule has 6 heteroatoms. The van der Waals surface area contributed by atoms with Gasteiger partial charge in [-0.3, -0.25) is 0 Å². The van der Waals surface area contributed by atoms with Crippen molar-refractivity contribution in [3.05, 3.63) is 11.7 Å². The molecule has 1 aliphatic heterocycles. The van der Waals surface area contributed by atoms with Crippen LogP contribution in [0.25, 0.3) is 0 Å². The molecule has 0 bridgehead atoms. The second kappa shape index (κ2) is 6.04. The van der Waals surface area contributed by atoms with Gasteiger partial charge < -0.3 is 14.9 Å². The Morgan fingerprint density at radius 3 is 2.89 bits per heavy atom. The molecule has 2 heterocycles. The molecule has 2 N–H and O–H groups in total. The topological polar surface area (TPSA) is 71.2 Å². The Kier molecular flexibility index (Phi) is 4.64. The van der Waals surface area contributed by atoms with Gasteiger partial charge in [0.25, 0.3) is 5.89 Å². The molecule has 1 aliphatic rings. The van der Waals surface area contributed by atoms with Crippen LogP contribution in [0.2, 0.25) is 0 Å². The highest BCUT2D eigenvalue weighted by Gasteiger charge is 2.36. The molecule has 0 saturated carbocycles. The summed E-state index contributed by atoms with van der Waals surface area (Å²) >= 11 is 1.81. The van der Waals surface area contributed by atoms with Crippen molar-refractivity contribution in [2.24, 2.45) is 0 Å². The van der Waals surface area contributed by atoms with E-state index in [1.54, 1.807) is 0 Å². The van der Waals surface area contributed by atoms with Crippen LogP contribution in [0, 0.1) is 0 Å². The molecule has 18 heavy (non-hydrogen) atoms. The fourth-order valence-corrected chi connectivity index (χ4v) is 2.68. The van der Waals surface area contributed by atoms with Crippen molar-refractivity contribution in [3.63, 3.8) is 0 Å². The number of hydrogen-bond acceptors (Lipinski definition) is 6. The number of aliphatic hydroxyl groups is 1. The van der Waals surface area contributed by atoms with E-state index < -0.39 is 5.60 Å². The molecule has 1 aromatic heterocycles. The van der Waals surface area contributed by atoms with Crippen molar-refractivity contribution in [1.82, 2.24) is 15.5 Å². The summed E-state index contributed by atoms with van der Waals surface area (Å²) in [6, 6.07) is 0. The van der Waals surface area contributed by atoms with Crippen LogP contribution >= 0.6 is 11.8 Å². The molecule has 0 radical (unpaired) electrons. The second-order valence-electron chi connectivity index (χ2n) is 4.83. The summed E-state index contributed by atoms with van der Waals surface area (Å²) in [4.78, 5) is 4.34. The van der Waals surface area contributed by atoms with Gasteiger partial charge in [0.05, 0.1) is 5.75 Å². The van der Waals surface area contributed by atoms with Crippen LogP contribution in [-0.4, -0.2) is 33.6 Å². The van der Waals surface area contributed by atoms with Gasteiger partial charge in [0.2, 0.25) is 0 Å². The summed E-state index contributed by atoms with van der Waals surface area (Å²) in [6.45, 7) is 5.93. The fourth-order valence-electron chi connectivity index (χ4n) is 1.89. The van der Waals surface area contributed by atoms with Crippen molar-refractivity contribution >= 4 is 11.8 Å². The Morgan fingerprint density at radius 1 is 1.50 bits per heavy atom. The van der Waals surface area contributed by atoms with Gasteiger partial charge in [-0.15, -0.1) is 0 Å². The average Bonchev–Trinajstić information content (AvgIpc) is 2.86. The highest BCUT2D eigenvalue weighted by molar-refractivity contribution is 7.99. The molecule has 2 rings (SSSR count). The van der Waals surface area contributed by atoms with Crippen molar-refractivity contribution in [3.8, 4) is 0 Å². The predicted octanol–water partition coefficient (Wildman–Crippen LogP) is 1.67. The standard InChI is InChI=1S/C12H21N3O2S/c1-3-9(2)18-8-10-14-11(17-15-10)12(16)4-6-13-7-5-12/h9,13,16H,3-8H2,1-2H3. The van der Waals surface area contributed by atoms with Crippen LogP contribution in [0.4, 0.5) is 0 Å². The van der Waals surface area contributed by atoms with Crippen molar-refractivity contribution in [2.75, 3.05) is 13.1 Å². The van der Waals surface area contributed by atoms with E-state index in [9.17, 15) is 5.11 Å². The molecule has 1 atom stereocenters. The Balaban J connectivity index is 1.96. The molecular weight excluding hydrogens is 250 g/mol. The maximum atomic E-state index is 10.4. The molecule has 0 aromatic carbocycles. The lowest BCUT2D eigenvalue weighted by atomic mass is 9.92. The maximum absolute atomic E-state index is 10.4. The van der Waals surface area contributed by atoms with Gasteiger partial charge in [0.1, 0.15) is 5.60 Å². The van der Waals surface area contributed by atoms with Crippen LogP contribution in [-0.2, 0) is 11.4 Å². The summed E-state index contributed by atoms with van der Waals surface area (Å²) in [7, 11) is 0.